The molecule has 0 radical (unpaired) electrons. The van der Waals surface area contributed by atoms with Crippen LogP contribution in [0.5, 0.6) is 0 Å². The molecule has 0 aliphatic carbocycles. The van der Waals surface area contributed by atoms with Gasteiger partial charge in [-0.15, -0.1) is 0 Å². The van der Waals surface area contributed by atoms with E-state index in [1.807, 2.05) is 6.92 Å². The fraction of sp³-hybridized carbons (Fsp3) is 0.500. The van der Waals surface area contributed by atoms with Crippen molar-refractivity contribution in [2.24, 2.45) is 0 Å². The molecular weight excluding hydrogens is 310 g/mol. The fourth-order valence-electron chi connectivity index (χ4n) is 2.49. The van der Waals surface area contributed by atoms with Gasteiger partial charge in [-0.05, 0) is 18.6 Å². The summed E-state index contributed by atoms with van der Waals surface area (Å²) in [5.74, 6) is -1.95. The maximum absolute atomic E-state index is 12.6. The normalized spacial score (nSPS) is 11.8. The molecule has 0 fully saturated rings. The molecular formula is C18H25NO5. The van der Waals surface area contributed by atoms with E-state index in [-0.39, 0.29) is 25.2 Å². The standard InChI is InChI=1S/C18H25NO5/c1-2-3-5-10-15(21)13-17(22)19(14-8-6-4-7-9-14)16(11-12-20)18(23)24/h4,6-9,16,20H,2-3,5,10-13H2,1H3,(H,23,24)/t16-/m0/s1. The molecule has 1 aromatic rings. The van der Waals surface area contributed by atoms with Gasteiger partial charge in [0.1, 0.15) is 11.8 Å². The van der Waals surface area contributed by atoms with Crippen LogP contribution >= 0.6 is 0 Å². The van der Waals surface area contributed by atoms with E-state index in [2.05, 4.69) is 0 Å². The number of carbonyl (C=O) groups is 3. The smallest absolute Gasteiger partial charge is 0.326 e. The van der Waals surface area contributed by atoms with Crippen LogP contribution in [-0.4, -0.2) is 40.5 Å². The van der Waals surface area contributed by atoms with Crippen LogP contribution in [0.15, 0.2) is 30.3 Å². The molecule has 0 spiro atoms. The van der Waals surface area contributed by atoms with Gasteiger partial charge in [-0.1, -0.05) is 38.0 Å². The number of benzene rings is 1. The number of Topliss-reactive ketones (excluding diaryl/α,β-unsaturated/α-hetero) is 1. The van der Waals surface area contributed by atoms with Gasteiger partial charge in [0.15, 0.2) is 0 Å². The molecule has 0 aliphatic rings. The highest BCUT2D eigenvalue weighted by molar-refractivity contribution is 6.08. The van der Waals surface area contributed by atoms with Crippen molar-refractivity contribution in [3.8, 4) is 0 Å². The van der Waals surface area contributed by atoms with Gasteiger partial charge in [0.25, 0.3) is 0 Å². The summed E-state index contributed by atoms with van der Waals surface area (Å²) in [7, 11) is 0. The Balaban J connectivity index is 2.94. The van der Waals surface area contributed by atoms with E-state index in [1.165, 1.54) is 0 Å². The Morgan fingerprint density at radius 1 is 1.12 bits per heavy atom. The van der Waals surface area contributed by atoms with Crippen molar-refractivity contribution in [2.75, 3.05) is 11.5 Å². The summed E-state index contributed by atoms with van der Waals surface area (Å²) in [6.45, 7) is 1.66. The summed E-state index contributed by atoms with van der Waals surface area (Å²) in [4.78, 5) is 37.2. The summed E-state index contributed by atoms with van der Waals surface area (Å²) < 4.78 is 0. The van der Waals surface area contributed by atoms with Crippen LogP contribution in [0.2, 0.25) is 0 Å². The van der Waals surface area contributed by atoms with Crippen LogP contribution in [0.4, 0.5) is 5.69 Å². The Bertz CT molecular complexity index is 544. The van der Waals surface area contributed by atoms with Gasteiger partial charge in [-0.2, -0.15) is 0 Å². The van der Waals surface area contributed by atoms with Crippen molar-refractivity contribution in [2.45, 2.75) is 51.5 Å². The Kier molecular flexibility index (Phi) is 8.71. The van der Waals surface area contributed by atoms with Gasteiger partial charge in [0.2, 0.25) is 5.91 Å². The third kappa shape index (κ3) is 6.12. The summed E-state index contributed by atoms with van der Waals surface area (Å²) in [5, 5.41) is 18.5. The van der Waals surface area contributed by atoms with Gasteiger partial charge < -0.3 is 10.2 Å². The molecule has 0 aromatic heterocycles. The first-order valence-corrected chi connectivity index (χ1v) is 8.23. The minimum atomic E-state index is -1.21. The van der Waals surface area contributed by atoms with Crippen LogP contribution in [0.1, 0.15) is 45.4 Å². The molecule has 0 aliphatic heterocycles. The predicted octanol–water partition coefficient (Wildman–Crippen LogP) is 2.39. The van der Waals surface area contributed by atoms with E-state index in [1.54, 1.807) is 30.3 Å². The van der Waals surface area contributed by atoms with Crippen molar-refractivity contribution < 1.29 is 24.6 Å². The van der Waals surface area contributed by atoms with Crippen molar-refractivity contribution in [3.05, 3.63) is 30.3 Å². The molecule has 0 saturated carbocycles. The average Bonchev–Trinajstić information content (AvgIpc) is 2.55. The molecule has 2 N–H and O–H groups in total. The number of anilines is 1. The summed E-state index contributed by atoms with van der Waals surface area (Å²) in [6.07, 6.45) is 2.53. The monoisotopic (exact) mass is 335 g/mol. The second-order valence-corrected chi connectivity index (χ2v) is 5.64. The summed E-state index contributed by atoms with van der Waals surface area (Å²) >= 11 is 0. The molecule has 132 valence electrons. The second kappa shape index (κ2) is 10.5. The van der Waals surface area contributed by atoms with Crippen molar-refractivity contribution in [1.82, 2.24) is 0 Å². The molecule has 1 rings (SSSR count). The number of aliphatic hydroxyl groups is 1. The molecule has 6 nitrogen and oxygen atoms in total. The van der Waals surface area contributed by atoms with Crippen LogP contribution in [-0.2, 0) is 14.4 Å². The van der Waals surface area contributed by atoms with Gasteiger partial charge in [0, 0.05) is 25.1 Å². The minimum absolute atomic E-state index is 0.0972. The van der Waals surface area contributed by atoms with Crippen LogP contribution in [0.25, 0.3) is 0 Å². The maximum atomic E-state index is 12.6. The predicted molar refractivity (Wildman–Crippen MR) is 90.8 cm³/mol. The molecule has 0 unspecified atom stereocenters. The lowest BCUT2D eigenvalue weighted by molar-refractivity contribution is -0.141. The Morgan fingerprint density at radius 2 is 1.79 bits per heavy atom. The topological polar surface area (TPSA) is 94.9 Å². The highest BCUT2D eigenvalue weighted by Crippen LogP contribution is 2.20. The number of hydrogen-bond acceptors (Lipinski definition) is 4. The zero-order valence-corrected chi connectivity index (χ0v) is 14.0. The molecule has 0 heterocycles. The average molecular weight is 335 g/mol. The largest absolute Gasteiger partial charge is 0.480 e. The molecule has 0 saturated heterocycles. The summed E-state index contributed by atoms with van der Waals surface area (Å²) in [5.41, 5.74) is 0.407. The van der Waals surface area contributed by atoms with Crippen LogP contribution < -0.4 is 4.90 Å². The van der Waals surface area contributed by atoms with Crippen molar-refractivity contribution >= 4 is 23.3 Å². The number of aliphatic hydroxyl groups excluding tert-OH is 1. The summed E-state index contributed by atoms with van der Waals surface area (Å²) in [6, 6.07) is 7.17. The lowest BCUT2D eigenvalue weighted by Crippen LogP contribution is -2.46. The molecule has 6 heteroatoms. The number of unbranched alkanes of at least 4 members (excludes halogenated alkanes) is 2. The van der Waals surface area contributed by atoms with Crippen molar-refractivity contribution in [3.63, 3.8) is 0 Å². The number of carbonyl (C=O) groups excluding carboxylic acids is 2. The molecule has 1 aromatic carbocycles. The van der Waals surface area contributed by atoms with Gasteiger partial charge in [-0.25, -0.2) is 4.79 Å². The maximum Gasteiger partial charge on any atom is 0.326 e. The first-order chi connectivity index (χ1) is 11.5. The lowest BCUT2D eigenvalue weighted by atomic mass is 10.1. The Hall–Kier alpha value is -2.21. The van der Waals surface area contributed by atoms with E-state index in [4.69, 9.17) is 5.11 Å². The van der Waals surface area contributed by atoms with Crippen molar-refractivity contribution in [1.29, 1.82) is 0 Å². The van der Waals surface area contributed by atoms with Gasteiger partial charge >= 0.3 is 5.97 Å². The quantitative estimate of drug-likeness (QED) is 0.478. The Labute approximate surface area is 142 Å². The first kappa shape index (κ1) is 19.8. The number of rotatable bonds is 11. The van der Waals surface area contributed by atoms with Gasteiger partial charge in [-0.3, -0.25) is 14.5 Å². The molecule has 1 atom stereocenters. The molecule has 1 amide bonds. The fourth-order valence-corrected chi connectivity index (χ4v) is 2.49. The number of hydrogen-bond donors (Lipinski definition) is 2. The second-order valence-electron chi connectivity index (χ2n) is 5.64. The highest BCUT2D eigenvalue weighted by Gasteiger charge is 2.31. The SMILES string of the molecule is CCCCCC(=O)CC(=O)N(c1ccccc1)[C@@H](CCO)C(=O)O. The number of aliphatic carboxylic acids is 1. The van der Waals surface area contributed by atoms with E-state index < -0.39 is 17.9 Å². The number of nitrogens with zero attached hydrogens (tertiary/aromatic N) is 1. The Morgan fingerprint density at radius 3 is 2.33 bits per heavy atom. The molecule has 24 heavy (non-hydrogen) atoms. The molecule has 0 bridgehead atoms. The van der Waals surface area contributed by atoms with E-state index in [9.17, 15) is 19.5 Å². The number of carboxylic acids is 1. The lowest BCUT2D eigenvalue weighted by Gasteiger charge is -2.28. The van der Waals surface area contributed by atoms with Gasteiger partial charge in [0.05, 0.1) is 6.42 Å². The number of amides is 1. The van der Waals surface area contributed by atoms with Crippen LogP contribution in [0, 0.1) is 0 Å². The highest BCUT2D eigenvalue weighted by atomic mass is 16.4. The third-order valence-electron chi connectivity index (χ3n) is 3.71. The third-order valence-corrected chi connectivity index (χ3v) is 3.71. The minimum Gasteiger partial charge on any atom is -0.480 e. The number of ketones is 1. The number of para-hydroxylation sites is 1. The van der Waals surface area contributed by atoms with Crippen LogP contribution in [0.3, 0.4) is 0 Å². The van der Waals surface area contributed by atoms with E-state index in [0.29, 0.717) is 12.1 Å². The zero-order chi connectivity index (χ0) is 17.9. The van der Waals surface area contributed by atoms with E-state index >= 15 is 0 Å². The number of carboxylic acid groups (broad SMARTS) is 1. The van der Waals surface area contributed by atoms with E-state index in [0.717, 1.165) is 24.2 Å². The first-order valence-electron chi connectivity index (χ1n) is 8.23. The zero-order valence-electron chi connectivity index (χ0n) is 14.0.